The number of carbonyl (C=O) groups excluding carboxylic acids is 2. The Kier molecular flexibility index (Phi) is 42.2. The van der Waals surface area contributed by atoms with Crippen molar-refractivity contribution < 1.29 is 53.2 Å². The number of hydrogen-bond donors (Lipinski definition) is 2. The molecule has 166 valence electrons. The molecule has 0 saturated carbocycles. The van der Waals surface area contributed by atoms with Gasteiger partial charge in [0.15, 0.2) is 0 Å². The van der Waals surface area contributed by atoms with Gasteiger partial charge in [0.25, 0.3) is 6.47 Å². The number of rotatable bonds is 2. The Hall–Kier alpha value is -2.65. The molecule has 0 aliphatic heterocycles. The zero-order chi connectivity index (χ0) is 21.3. The minimum atomic E-state index is -0.698. The number of nitrogens with one attached hydrogen (secondary N) is 1. The number of aliphatic hydroxyl groups is 1. The standard InChI is InChI=1S/C8H8O3.C6H6O.CH2O3.CH4O.H3NP2.2H2O/c1-10-8(9)11-7-5-3-2-4-6-7;7-6-4-2-1-3-5-6;2-1-4-3;1-2;1-3-2;;/h2-6H,1H3;1-5,7H;1,3H;2H,1H3;1H,2H2;2*1H2. The SMILES string of the molecule is CO.COC(=O)Oc1ccccc1.N=PP.O.O.O=CO[O-].[H+].[H+].[O-]c1ccccc1. The normalized spacial score (nSPS) is 7.07. The maximum Gasteiger partial charge on any atom is 1.00 e. The Bertz CT molecular complexity index is 587. The fourth-order valence-electron chi connectivity index (χ4n) is 1.05. The van der Waals surface area contributed by atoms with Crippen LogP contribution in [0, 0.1) is 5.16 Å². The molecule has 11 nitrogen and oxygen atoms in total. The summed E-state index contributed by atoms with van der Waals surface area (Å²) in [6.45, 7) is -0.181. The van der Waals surface area contributed by atoms with Gasteiger partial charge in [-0.15, -0.1) is 5.75 Å². The number of para-hydroxylation sites is 2. The molecule has 13 heteroatoms. The second-order valence-electron chi connectivity index (χ2n) is 3.50. The van der Waals surface area contributed by atoms with Crippen LogP contribution < -0.4 is 15.1 Å². The summed E-state index contributed by atoms with van der Waals surface area (Å²) in [6, 6.07) is 17.1. The Morgan fingerprint density at radius 1 is 1.10 bits per heavy atom. The third kappa shape index (κ3) is 33.4. The van der Waals surface area contributed by atoms with Gasteiger partial charge >= 0.3 is 9.01 Å². The maximum atomic E-state index is 10.5. The summed E-state index contributed by atoms with van der Waals surface area (Å²) in [5.74, 6) is 0.557. The lowest BCUT2D eigenvalue weighted by Crippen LogP contribution is -2.06. The van der Waals surface area contributed by atoms with Crippen molar-refractivity contribution in [3.8, 4) is 11.5 Å². The van der Waals surface area contributed by atoms with Crippen molar-refractivity contribution in [2.24, 2.45) is 0 Å². The van der Waals surface area contributed by atoms with Crippen LogP contribution in [0.4, 0.5) is 4.79 Å². The summed E-state index contributed by atoms with van der Waals surface area (Å²) >= 11 is 0. The van der Waals surface area contributed by atoms with Crippen molar-refractivity contribution >= 4 is 29.6 Å². The van der Waals surface area contributed by atoms with Gasteiger partial charge in [-0.3, -0.25) is 9.96 Å². The fourth-order valence-corrected chi connectivity index (χ4v) is 1.05. The number of methoxy groups -OCH3 is 1. The van der Waals surface area contributed by atoms with E-state index in [4.69, 9.17) is 25.1 Å². The smallest absolute Gasteiger partial charge is 0.872 e. The average molecular weight is 455 g/mol. The highest BCUT2D eigenvalue weighted by Gasteiger charge is 2.00. The summed E-state index contributed by atoms with van der Waals surface area (Å²) in [7, 11) is 5.07. The predicted molar refractivity (Wildman–Crippen MR) is 109 cm³/mol. The lowest BCUT2D eigenvalue weighted by Gasteiger charge is -1.99. The summed E-state index contributed by atoms with van der Waals surface area (Å²) in [6.07, 6.45) is -0.698. The van der Waals surface area contributed by atoms with Gasteiger partial charge in [-0.2, -0.15) is 0 Å². The molecule has 0 spiro atoms. The molecule has 6 N–H and O–H groups in total. The van der Waals surface area contributed by atoms with Crippen LogP contribution in [0.5, 0.6) is 11.5 Å². The van der Waals surface area contributed by atoms with Crippen molar-refractivity contribution in [2.75, 3.05) is 14.2 Å². The Morgan fingerprint density at radius 2 is 1.45 bits per heavy atom. The van der Waals surface area contributed by atoms with Gasteiger partial charge in [0.2, 0.25) is 0 Å². The highest BCUT2D eigenvalue weighted by molar-refractivity contribution is 7.96. The van der Waals surface area contributed by atoms with Crippen LogP contribution in [0.2, 0.25) is 0 Å². The lowest BCUT2D eigenvalue weighted by atomic mass is 10.3. The van der Waals surface area contributed by atoms with Gasteiger partial charge in [-0.05, 0) is 12.1 Å². The molecule has 0 saturated heterocycles. The molecule has 0 aliphatic rings. The summed E-state index contributed by atoms with van der Waals surface area (Å²) in [4.78, 5) is 21.8. The molecule has 0 aromatic heterocycles. The van der Waals surface area contributed by atoms with E-state index in [1.165, 1.54) is 19.2 Å². The van der Waals surface area contributed by atoms with Crippen LogP contribution in [0.1, 0.15) is 2.85 Å². The van der Waals surface area contributed by atoms with Crippen LogP contribution in [0.15, 0.2) is 60.7 Å². The van der Waals surface area contributed by atoms with Crippen molar-refractivity contribution in [1.29, 1.82) is 5.16 Å². The topological polar surface area (TPSA) is 215 Å². The molecule has 1 unspecified atom stereocenters. The van der Waals surface area contributed by atoms with Crippen molar-refractivity contribution in [3.63, 3.8) is 0 Å². The molecule has 0 radical (unpaired) electrons. The fraction of sp³-hybridized carbons (Fsp3) is 0.125. The lowest BCUT2D eigenvalue weighted by molar-refractivity contribution is -0.652. The minimum absolute atomic E-state index is 0. The summed E-state index contributed by atoms with van der Waals surface area (Å²) in [5, 5.41) is 31.8. The average Bonchev–Trinajstić information content (AvgIpc) is 2.72. The van der Waals surface area contributed by atoms with E-state index in [0.29, 0.717) is 13.8 Å². The molecule has 29 heavy (non-hydrogen) atoms. The van der Waals surface area contributed by atoms with E-state index < -0.39 is 6.16 Å². The molecule has 0 amide bonds. The number of hydrogen-bond acceptors (Lipinski definition) is 9. The van der Waals surface area contributed by atoms with Gasteiger partial charge in [0.05, 0.1) is 7.11 Å². The largest absolute Gasteiger partial charge is 1.00 e. The van der Waals surface area contributed by atoms with E-state index in [-0.39, 0.29) is 26.0 Å². The number of aliphatic hydroxyl groups excluding tert-OH is 1. The highest BCUT2D eigenvalue weighted by Crippen LogP contribution is 2.08. The van der Waals surface area contributed by atoms with E-state index in [1.54, 1.807) is 36.4 Å². The van der Waals surface area contributed by atoms with Crippen LogP contribution in [-0.4, -0.2) is 42.9 Å². The van der Waals surface area contributed by atoms with E-state index in [9.17, 15) is 9.90 Å². The van der Waals surface area contributed by atoms with Gasteiger partial charge in [-0.1, -0.05) is 57.5 Å². The molecular weight excluding hydrogens is 428 g/mol. The van der Waals surface area contributed by atoms with Gasteiger partial charge in [0, 0.05) is 15.2 Å². The van der Waals surface area contributed by atoms with Crippen molar-refractivity contribution in [3.05, 3.63) is 60.7 Å². The Balaban J connectivity index is -0.0000000508. The van der Waals surface area contributed by atoms with Crippen molar-refractivity contribution in [1.82, 2.24) is 0 Å². The summed E-state index contributed by atoms with van der Waals surface area (Å²) < 4.78 is 9.00. The third-order valence-electron chi connectivity index (χ3n) is 1.89. The highest BCUT2D eigenvalue weighted by atomic mass is 32.0. The molecule has 2 rings (SSSR count). The molecule has 2 aromatic carbocycles. The van der Waals surface area contributed by atoms with E-state index in [1.807, 2.05) is 12.1 Å². The van der Waals surface area contributed by atoms with Gasteiger partial charge < -0.3 is 40.8 Å². The zero-order valence-corrected chi connectivity index (χ0v) is 17.7. The van der Waals surface area contributed by atoms with Crippen LogP contribution >= 0.6 is 17.0 Å². The first-order chi connectivity index (χ1) is 13.0. The quantitative estimate of drug-likeness (QED) is 0.164. The molecule has 0 heterocycles. The molecule has 0 fully saturated rings. The Morgan fingerprint density at radius 3 is 1.69 bits per heavy atom. The third-order valence-corrected chi connectivity index (χ3v) is 1.89. The first-order valence-electron chi connectivity index (χ1n) is 6.82. The van der Waals surface area contributed by atoms with Crippen LogP contribution in [0.3, 0.4) is 0 Å². The number of benzene rings is 2. The minimum Gasteiger partial charge on any atom is -0.872 e. The van der Waals surface area contributed by atoms with Crippen LogP contribution in [-0.2, 0) is 14.4 Å². The molecule has 2 aromatic rings. The number of ether oxygens (including phenoxy) is 2. The zero-order valence-electron chi connectivity index (χ0n) is 17.7. The van der Waals surface area contributed by atoms with Gasteiger partial charge in [-0.25, -0.2) is 4.79 Å². The summed E-state index contributed by atoms with van der Waals surface area (Å²) in [5.41, 5.74) is 0. The van der Waals surface area contributed by atoms with E-state index >= 15 is 0 Å². The van der Waals surface area contributed by atoms with Gasteiger partial charge in [0.1, 0.15) is 5.75 Å². The molecule has 0 bridgehead atoms. The molecular formula is C16H27NO10P2. The second kappa shape index (κ2) is 33.0. The van der Waals surface area contributed by atoms with E-state index in [0.717, 1.165) is 7.11 Å². The van der Waals surface area contributed by atoms with E-state index in [2.05, 4.69) is 18.6 Å². The predicted octanol–water partition coefficient (Wildman–Crippen LogP) is 0.696. The van der Waals surface area contributed by atoms with Crippen molar-refractivity contribution in [2.45, 2.75) is 0 Å². The first kappa shape index (κ1) is 37.1. The first-order valence-corrected chi connectivity index (χ1v) is 9.33. The Labute approximate surface area is 175 Å². The number of carbonyl (C=O) groups is 2. The molecule has 0 aliphatic carbocycles. The monoisotopic (exact) mass is 455 g/mol. The molecule has 1 atom stereocenters. The maximum absolute atomic E-state index is 10.5. The van der Waals surface area contributed by atoms with Crippen LogP contribution in [0.25, 0.3) is 0 Å². The second-order valence-corrected chi connectivity index (χ2v) is 4.54.